The van der Waals surface area contributed by atoms with Crippen molar-refractivity contribution in [3.63, 3.8) is 0 Å². The Morgan fingerprint density at radius 3 is 1.95 bits per heavy atom. The number of nitrogens with zero attached hydrogens (tertiary/aromatic N) is 2. The molecule has 0 bridgehead atoms. The number of carboxylic acid groups (broad SMARTS) is 1. The van der Waals surface area contributed by atoms with Crippen molar-refractivity contribution in [2.45, 2.75) is 135 Å². The normalized spacial score (nSPS) is 25.2. The number of rotatable bonds is 7. The van der Waals surface area contributed by atoms with Crippen LogP contribution in [0.5, 0.6) is 0 Å². The molecular formula is C26H47BN2O8. The van der Waals surface area contributed by atoms with Gasteiger partial charge in [-0.25, -0.2) is 14.4 Å². The standard InChI is InChI=1S/C26H47BN2O8/c1-22(2,3)34-20(32)28(11)18-16-26(19(30)31,29(17-18)21(33)35-23(4,5)6)14-12-13-15-27-36-24(7,8)25(9,10)37-27/h18H,12-17H2,1-11H3,(H,30,31)/t18-,26+/m1/s1. The van der Waals surface area contributed by atoms with Gasteiger partial charge >= 0.3 is 25.3 Å². The lowest BCUT2D eigenvalue weighted by atomic mass is 9.80. The number of unbranched alkanes of at least 4 members (excludes halogenated alkanes) is 1. The topological polar surface area (TPSA) is 115 Å². The molecule has 0 aromatic rings. The molecule has 0 saturated carbocycles. The van der Waals surface area contributed by atoms with Gasteiger partial charge < -0.3 is 28.8 Å². The zero-order chi connectivity index (χ0) is 28.6. The molecule has 0 spiro atoms. The zero-order valence-electron chi connectivity index (χ0n) is 24.6. The summed E-state index contributed by atoms with van der Waals surface area (Å²) >= 11 is 0. The number of hydrogen-bond acceptors (Lipinski definition) is 7. The van der Waals surface area contributed by atoms with E-state index in [1.165, 1.54) is 9.80 Å². The third-order valence-corrected chi connectivity index (χ3v) is 7.31. The van der Waals surface area contributed by atoms with Crippen molar-refractivity contribution in [1.29, 1.82) is 0 Å². The maximum Gasteiger partial charge on any atom is 0.457 e. The summed E-state index contributed by atoms with van der Waals surface area (Å²) in [6, 6.07) is -0.540. The number of ether oxygens (including phenoxy) is 2. The van der Waals surface area contributed by atoms with Crippen LogP contribution in [0.1, 0.15) is 94.9 Å². The minimum Gasteiger partial charge on any atom is -0.479 e. The quantitative estimate of drug-likeness (QED) is 0.366. The first-order valence-corrected chi connectivity index (χ1v) is 13.2. The van der Waals surface area contributed by atoms with E-state index in [-0.39, 0.29) is 26.5 Å². The summed E-state index contributed by atoms with van der Waals surface area (Å²) in [6.45, 7) is 18.5. The minimum atomic E-state index is -1.51. The molecular weight excluding hydrogens is 479 g/mol. The number of carbonyl (C=O) groups excluding carboxylic acids is 2. The van der Waals surface area contributed by atoms with Crippen LogP contribution >= 0.6 is 0 Å². The van der Waals surface area contributed by atoms with Gasteiger partial charge in [-0.1, -0.05) is 12.8 Å². The molecule has 2 atom stereocenters. The first-order valence-electron chi connectivity index (χ1n) is 13.2. The van der Waals surface area contributed by atoms with Gasteiger partial charge in [0, 0.05) is 20.0 Å². The number of carboxylic acids is 1. The lowest BCUT2D eigenvalue weighted by molar-refractivity contribution is -0.150. The maximum absolute atomic E-state index is 13.2. The fraction of sp³-hybridized carbons (Fsp3) is 0.885. The van der Waals surface area contributed by atoms with Gasteiger partial charge in [-0.15, -0.1) is 0 Å². The van der Waals surface area contributed by atoms with E-state index < -0.39 is 52.1 Å². The summed E-state index contributed by atoms with van der Waals surface area (Å²) in [4.78, 5) is 41.4. The van der Waals surface area contributed by atoms with Crippen LogP contribution in [0.4, 0.5) is 9.59 Å². The van der Waals surface area contributed by atoms with E-state index in [2.05, 4.69) is 0 Å². The molecule has 0 aliphatic carbocycles. The monoisotopic (exact) mass is 526 g/mol. The van der Waals surface area contributed by atoms with E-state index in [1.807, 2.05) is 27.7 Å². The van der Waals surface area contributed by atoms with Crippen LogP contribution in [-0.4, -0.2) is 87.8 Å². The molecule has 2 aliphatic heterocycles. The van der Waals surface area contributed by atoms with Crippen LogP contribution in [0.3, 0.4) is 0 Å². The summed E-state index contributed by atoms with van der Waals surface area (Å²) in [7, 11) is 1.20. The Morgan fingerprint density at radius 2 is 1.49 bits per heavy atom. The van der Waals surface area contributed by atoms with Crippen molar-refractivity contribution in [3.05, 3.63) is 0 Å². The Bertz CT molecular complexity index is 848. The third kappa shape index (κ3) is 7.53. The summed E-state index contributed by atoms with van der Waals surface area (Å²) < 4.78 is 23.2. The van der Waals surface area contributed by atoms with Gasteiger partial charge in [0.1, 0.15) is 16.7 Å². The van der Waals surface area contributed by atoms with Gasteiger partial charge in [0.2, 0.25) is 0 Å². The van der Waals surface area contributed by atoms with Gasteiger partial charge in [0.05, 0.1) is 17.2 Å². The number of aliphatic carboxylic acids is 1. The molecule has 2 saturated heterocycles. The van der Waals surface area contributed by atoms with Gasteiger partial charge in [0.25, 0.3) is 0 Å². The second-order valence-electron chi connectivity index (χ2n) is 13.3. The Hall–Kier alpha value is -2.01. The summed E-state index contributed by atoms with van der Waals surface area (Å²) in [5, 5.41) is 10.4. The highest BCUT2D eigenvalue weighted by Gasteiger charge is 2.56. The van der Waals surface area contributed by atoms with Gasteiger partial charge in [-0.2, -0.15) is 0 Å². The van der Waals surface area contributed by atoms with Crippen LogP contribution < -0.4 is 0 Å². The smallest absolute Gasteiger partial charge is 0.457 e. The van der Waals surface area contributed by atoms with Gasteiger partial charge in [0.15, 0.2) is 0 Å². The molecule has 0 aromatic carbocycles. The molecule has 2 aliphatic rings. The van der Waals surface area contributed by atoms with Crippen molar-refractivity contribution < 1.29 is 38.3 Å². The van der Waals surface area contributed by atoms with Crippen molar-refractivity contribution >= 4 is 25.3 Å². The van der Waals surface area contributed by atoms with E-state index in [0.717, 1.165) is 0 Å². The Balaban J connectivity index is 2.19. The Kier molecular flexibility index (Phi) is 8.97. The van der Waals surface area contributed by atoms with Gasteiger partial charge in [-0.3, -0.25) is 4.90 Å². The highest BCUT2D eigenvalue weighted by molar-refractivity contribution is 6.45. The van der Waals surface area contributed by atoms with Crippen molar-refractivity contribution in [1.82, 2.24) is 9.80 Å². The van der Waals surface area contributed by atoms with Crippen LogP contribution in [0.2, 0.25) is 6.32 Å². The molecule has 0 unspecified atom stereocenters. The molecule has 0 radical (unpaired) electrons. The number of likely N-dealkylation sites (N-methyl/N-ethyl adjacent to an activating group) is 1. The fourth-order valence-electron chi connectivity index (χ4n) is 4.62. The molecule has 212 valence electrons. The highest BCUT2D eigenvalue weighted by Crippen LogP contribution is 2.40. The summed E-state index contributed by atoms with van der Waals surface area (Å²) in [5.41, 5.74) is -3.88. The lowest BCUT2D eigenvalue weighted by Gasteiger charge is -2.35. The lowest BCUT2D eigenvalue weighted by Crippen LogP contribution is -2.54. The summed E-state index contributed by atoms with van der Waals surface area (Å²) in [5.74, 6) is -1.12. The van der Waals surface area contributed by atoms with E-state index in [0.29, 0.717) is 19.2 Å². The van der Waals surface area contributed by atoms with Crippen LogP contribution in [0.15, 0.2) is 0 Å². The number of likely N-dealkylation sites (tertiary alicyclic amines) is 1. The number of amides is 2. The second-order valence-corrected chi connectivity index (χ2v) is 13.3. The van der Waals surface area contributed by atoms with Crippen LogP contribution in [0, 0.1) is 0 Å². The predicted octanol–water partition coefficient (Wildman–Crippen LogP) is 4.95. The molecule has 1 N–H and O–H groups in total. The SMILES string of the molecule is CN(C(=O)OC(C)(C)C)[C@H]1CN(C(=O)OC(C)(C)C)[C@](CCCCB2OC(C)(C)C(C)(C)O2)(C(=O)O)C1. The first-order chi connectivity index (χ1) is 16.6. The van der Waals surface area contributed by atoms with Crippen LogP contribution in [-0.2, 0) is 23.6 Å². The molecule has 2 heterocycles. The second kappa shape index (κ2) is 10.6. The van der Waals surface area contributed by atoms with Crippen molar-refractivity contribution in [2.24, 2.45) is 0 Å². The van der Waals surface area contributed by atoms with Crippen LogP contribution in [0.25, 0.3) is 0 Å². The van der Waals surface area contributed by atoms with E-state index in [4.69, 9.17) is 18.8 Å². The van der Waals surface area contributed by atoms with E-state index in [9.17, 15) is 19.5 Å². The largest absolute Gasteiger partial charge is 0.479 e. The Labute approximate surface area is 222 Å². The molecule has 10 nitrogen and oxygen atoms in total. The first kappa shape index (κ1) is 31.2. The molecule has 11 heteroatoms. The number of hydrogen-bond donors (Lipinski definition) is 1. The van der Waals surface area contributed by atoms with E-state index >= 15 is 0 Å². The molecule has 2 amide bonds. The van der Waals surface area contributed by atoms with Crippen molar-refractivity contribution in [3.8, 4) is 0 Å². The van der Waals surface area contributed by atoms with Crippen molar-refractivity contribution in [2.75, 3.05) is 13.6 Å². The number of carbonyl (C=O) groups is 3. The minimum absolute atomic E-state index is 0.0359. The predicted molar refractivity (Wildman–Crippen MR) is 140 cm³/mol. The summed E-state index contributed by atoms with van der Waals surface area (Å²) in [6.07, 6.45) is 0.799. The third-order valence-electron chi connectivity index (χ3n) is 7.31. The maximum atomic E-state index is 13.2. The molecule has 37 heavy (non-hydrogen) atoms. The zero-order valence-corrected chi connectivity index (χ0v) is 24.6. The molecule has 0 aromatic heterocycles. The fourth-order valence-corrected chi connectivity index (χ4v) is 4.62. The molecule has 2 rings (SSSR count). The molecule has 2 fully saturated rings. The average molecular weight is 526 g/mol. The van der Waals surface area contributed by atoms with Gasteiger partial charge in [-0.05, 0) is 82.0 Å². The highest BCUT2D eigenvalue weighted by atomic mass is 16.7. The Morgan fingerprint density at radius 1 is 0.973 bits per heavy atom. The van der Waals surface area contributed by atoms with E-state index in [1.54, 1.807) is 48.6 Å². The average Bonchev–Trinajstić information content (AvgIpc) is 3.17.